The van der Waals surface area contributed by atoms with Gasteiger partial charge in [-0.25, -0.2) is 9.97 Å². The number of hydrogen-bond acceptors (Lipinski definition) is 7. The second-order valence-electron chi connectivity index (χ2n) is 4.87. The number of aromatic nitrogens is 3. The molecule has 0 bridgehead atoms. The van der Waals surface area contributed by atoms with Crippen LogP contribution >= 0.6 is 11.3 Å². The normalized spacial score (nSPS) is 10.7. The summed E-state index contributed by atoms with van der Waals surface area (Å²) in [5, 5.41) is 0.500. The van der Waals surface area contributed by atoms with Gasteiger partial charge in [0, 0.05) is 12.6 Å². The molecule has 0 spiro atoms. The van der Waals surface area contributed by atoms with Gasteiger partial charge >= 0.3 is 0 Å². The van der Waals surface area contributed by atoms with Crippen molar-refractivity contribution in [1.82, 2.24) is 15.0 Å². The first-order chi connectivity index (χ1) is 11.2. The van der Waals surface area contributed by atoms with Crippen molar-refractivity contribution in [3.05, 3.63) is 42.2 Å². The molecular formula is C16H17N5OS. The summed E-state index contributed by atoms with van der Waals surface area (Å²) >= 11 is 1.44. The largest absolute Gasteiger partial charge is 0.476 e. The van der Waals surface area contributed by atoms with E-state index in [-0.39, 0.29) is 0 Å². The van der Waals surface area contributed by atoms with Crippen molar-refractivity contribution in [3.63, 3.8) is 0 Å². The van der Waals surface area contributed by atoms with Crippen molar-refractivity contribution in [2.75, 3.05) is 18.9 Å². The second-order valence-corrected chi connectivity index (χ2v) is 5.90. The molecule has 4 N–H and O–H groups in total. The molecule has 0 fully saturated rings. The van der Waals surface area contributed by atoms with Crippen molar-refractivity contribution in [3.8, 4) is 27.7 Å². The number of nitrogens with zero attached hydrogens (tertiary/aromatic N) is 3. The van der Waals surface area contributed by atoms with Crippen LogP contribution in [0.1, 0.15) is 5.82 Å². The van der Waals surface area contributed by atoms with E-state index in [1.807, 2.05) is 37.3 Å². The van der Waals surface area contributed by atoms with Gasteiger partial charge in [-0.2, -0.15) is 4.98 Å². The summed E-state index contributed by atoms with van der Waals surface area (Å²) in [4.78, 5) is 14.2. The molecule has 0 aliphatic heterocycles. The molecule has 0 aliphatic carbocycles. The highest BCUT2D eigenvalue weighted by Crippen LogP contribution is 2.37. The first-order valence-corrected chi connectivity index (χ1v) is 7.99. The van der Waals surface area contributed by atoms with Crippen LogP contribution in [0.2, 0.25) is 0 Å². The molecule has 3 aromatic rings. The number of ether oxygens (including phenoxy) is 1. The molecule has 2 aromatic heterocycles. The van der Waals surface area contributed by atoms with E-state index in [9.17, 15) is 0 Å². The average Bonchev–Trinajstić information content (AvgIpc) is 2.95. The van der Waals surface area contributed by atoms with E-state index in [0.717, 1.165) is 16.1 Å². The number of nitrogens with two attached hydrogens (primary N) is 2. The Kier molecular flexibility index (Phi) is 4.50. The lowest BCUT2D eigenvalue weighted by atomic mass is 10.1. The number of thiazole rings is 1. The smallest absolute Gasteiger partial charge is 0.217 e. The summed E-state index contributed by atoms with van der Waals surface area (Å²) in [6.07, 6.45) is 0. The predicted molar refractivity (Wildman–Crippen MR) is 92.3 cm³/mol. The fourth-order valence-corrected chi connectivity index (χ4v) is 3.04. The molecule has 0 unspecified atom stereocenters. The molecule has 6 nitrogen and oxygen atoms in total. The van der Waals surface area contributed by atoms with Crippen molar-refractivity contribution >= 4 is 16.5 Å². The Balaban J connectivity index is 2.07. The number of anilines is 1. The van der Waals surface area contributed by atoms with Crippen LogP contribution in [-0.4, -0.2) is 28.1 Å². The summed E-state index contributed by atoms with van der Waals surface area (Å²) in [6.45, 7) is 2.65. The van der Waals surface area contributed by atoms with Crippen LogP contribution in [0.5, 0.6) is 5.88 Å². The lowest BCUT2D eigenvalue weighted by molar-refractivity contribution is 0.314. The fraction of sp³-hybridized carbons (Fsp3) is 0.188. The van der Waals surface area contributed by atoms with Crippen LogP contribution in [0.4, 0.5) is 5.13 Å². The monoisotopic (exact) mass is 327 g/mol. The molecule has 2 heterocycles. The van der Waals surface area contributed by atoms with E-state index in [1.54, 1.807) is 6.07 Å². The lowest BCUT2D eigenvalue weighted by Crippen LogP contribution is -2.11. The summed E-state index contributed by atoms with van der Waals surface area (Å²) in [5.41, 5.74) is 13.9. The van der Waals surface area contributed by atoms with Crippen molar-refractivity contribution in [1.29, 1.82) is 0 Å². The summed E-state index contributed by atoms with van der Waals surface area (Å²) in [6, 6.07) is 11.8. The second kappa shape index (κ2) is 6.72. The van der Waals surface area contributed by atoms with Gasteiger partial charge in [0.05, 0.1) is 10.6 Å². The summed E-state index contributed by atoms with van der Waals surface area (Å²) < 4.78 is 5.52. The fourth-order valence-electron chi connectivity index (χ4n) is 2.19. The standard InChI is InChI=1S/C16H17N5OS/c1-10-19-12(9-13(20-10)22-8-7-17)14-15(23-16(18)21-14)11-5-3-2-4-6-11/h2-6,9H,7-8,17H2,1H3,(H2,18,21). The maximum absolute atomic E-state index is 5.93. The van der Waals surface area contributed by atoms with Gasteiger partial charge < -0.3 is 16.2 Å². The summed E-state index contributed by atoms with van der Waals surface area (Å²) in [5.74, 6) is 1.10. The number of hydrogen-bond donors (Lipinski definition) is 2. The van der Waals surface area contributed by atoms with Gasteiger partial charge in [0.25, 0.3) is 0 Å². The van der Waals surface area contributed by atoms with Gasteiger partial charge in [0.2, 0.25) is 5.88 Å². The Morgan fingerprint density at radius 2 is 1.91 bits per heavy atom. The molecule has 0 atom stereocenters. The van der Waals surface area contributed by atoms with Gasteiger partial charge in [0.1, 0.15) is 18.1 Å². The van der Waals surface area contributed by atoms with E-state index in [2.05, 4.69) is 15.0 Å². The van der Waals surface area contributed by atoms with E-state index in [4.69, 9.17) is 16.2 Å². The Morgan fingerprint density at radius 1 is 1.13 bits per heavy atom. The van der Waals surface area contributed by atoms with Crippen LogP contribution in [0, 0.1) is 6.92 Å². The Hall–Kier alpha value is -2.51. The third-order valence-electron chi connectivity index (χ3n) is 3.10. The number of aryl methyl sites for hydroxylation is 1. The highest BCUT2D eigenvalue weighted by molar-refractivity contribution is 7.19. The number of benzene rings is 1. The van der Waals surface area contributed by atoms with E-state index >= 15 is 0 Å². The highest BCUT2D eigenvalue weighted by Gasteiger charge is 2.16. The molecule has 7 heteroatoms. The van der Waals surface area contributed by atoms with Crippen LogP contribution in [0.15, 0.2) is 36.4 Å². The van der Waals surface area contributed by atoms with Crippen molar-refractivity contribution in [2.24, 2.45) is 5.73 Å². The van der Waals surface area contributed by atoms with Gasteiger partial charge in [-0.1, -0.05) is 41.7 Å². The number of rotatable bonds is 5. The van der Waals surface area contributed by atoms with Crippen molar-refractivity contribution in [2.45, 2.75) is 6.92 Å². The molecule has 0 radical (unpaired) electrons. The Bertz CT molecular complexity index is 803. The third kappa shape index (κ3) is 3.46. The first-order valence-electron chi connectivity index (χ1n) is 7.18. The van der Waals surface area contributed by atoms with E-state index in [0.29, 0.717) is 35.7 Å². The van der Waals surface area contributed by atoms with Crippen LogP contribution < -0.4 is 16.2 Å². The lowest BCUT2D eigenvalue weighted by Gasteiger charge is -2.07. The van der Waals surface area contributed by atoms with Crippen LogP contribution in [-0.2, 0) is 0 Å². The molecule has 1 aromatic carbocycles. The van der Waals surface area contributed by atoms with E-state index in [1.165, 1.54) is 11.3 Å². The molecule has 118 valence electrons. The third-order valence-corrected chi connectivity index (χ3v) is 4.04. The minimum atomic E-state index is 0.403. The Morgan fingerprint density at radius 3 is 2.65 bits per heavy atom. The van der Waals surface area contributed by atoms with Gasteiger partial charge in [0.15, 0.2) is 5.13 Å². The van der Waals surface area contributed by atoms with Crippen LogP contribution in [0.3, 0.4) is 0 Å². The Labute approximate surface area is 138 Å². The molecule has 0 saturated carbocycles. The van der Waals surface area contributed by atoms with Gasteiger partial charge in [-0.3, -0.25) is 0 Å². The zero-order valence-corrected chi connectivity index (χ0v) is 13.5. The topological polar surface area (TPSA) is 99.9 Å². The minimum Gasteiger partial charge on any atom is -0.476 e. The predicted octanol–water partition coefficient (Wildman–Crippen LogP) is 2.50. The number of nitrogen functional groups attached to an aromatic ring is 1. The quantitative estimate of drug-likeness (QED) is 0.747. The van der Waals surface area contributed by atoms with Crippen molar-refractivity contribution < 1.29 is 4.74 Å². The molecule has 23 heavy (non-hydrogen) atoms. The van der Waals surface area contributed by atoms with E-state index < -0.39 is 0 Å². The van der Waals surface area contributed by atoms with Crippen LogP contribution in [0.25, 0.3) is 21.8 Å². The average molecular weight is 327 g/mol. The molecule has 3 rings (SSSR count). The summed E-state index contributed by atoms with van der Waals surface area (Å²) in [7, 11) is 0. The first kappa shape index (κ1) is 15.4. The maximum Gasteiger partial charge on any atom is 0.217 e. The van der Waals surface area contributed by atoms with Gasteiger partial charge in [-0.05, 0) is 12.5 Å². The molecule has 0 amide bonds. The molecule has 0 aliphatic rings. The minimum absolute atomic E-state index is 0.403. The SMILES string of the molecule is Cc1nc(OCCN)cc(-c2nc(N)sc2-c2ccccc2)n1. The highest BCUT2D eigenvalue weighted by atomic mass is 32.1. The van der Waals surface area contributed by atoms with Gasteiger partial charge in [-0.15, -0.1) is 0 Å². The molecule has 0 saturated heterocycles. The maximum atomic E-state index is 5.93. The zero-order chi connectivity index (χ0) is 16.2. The zero-order valence-electron chi connectivity index (χ0n) is 12.7. The molecular weight excluding hydrogens is 310 g/mol.